The lowest BCUT2D eigenvalue weighted by Crippen LogP contribution is -2.41. The summed E-state index contributed by atoms with van der Waals surface area (Å²) < 4.78 is 44.4. The van der Waals surface area contributed by atoms with E-state index in [9.17, 15) is 18.0 Å². The number of carbonyl (C=O) groups is 1. The zero-order chi connectivity index (χ0) is 23.1. The molecule has 2 aromatic rings. The Bertz CT molecular complexity index is 963. The molecule has 2 heterocycles. The number of amides is 1. The Hall–Kier alpha value is -3.41. The van der Waals surface area contributed by atoms with Gasteiger partial charge in [-0.1, -0.05) is 6.07 Å². The van der Waals surface area contributed by atoms with Gasteiger partial charge in [-0.25, -0.2) is 4.98 Å². The molecule has 0 saturated carbocycles. The third-order valence-electron chi connectivity index (χ3n) is 4.85. The summed E-state index contributed by atoms with van der Waals surface area (Å²) in [6, 6.07) is 5.12. The van der Waals surface area contributed by atoms with Gasteiger partial charge in [-0.05, 0) is 12.1 Å². The number of hydrogen-bond acceptors (Lipinski definition) is 8. The standard InChI is InChI=1S/C20H24F3N7O2/c1-25-18-14(20(21,22)23)12-27-19(29-18)28-16-4-2-3-15(13(16)11-24)26-6-5-17(31)30-7-9-32-10-8-30/h2-4,11-12,24,26H,5-10H2,1H3,(H2,25,27,28,29). The van der Waals surface area contributed by atoms with E-state index in [2.05, 4.69) is 25.9 Å². The third-order valence-corrected chi connectivity index (χ3v) is 4.85. The van der Waals surface area contributed by atoms with Crippen molar-refractivity contribution in [3.05, 3.63) is 35.5 Å². The normalized spacial score (nSPS) is 14.1. The summed E-state index contributed by atoms with van der Waals surface area (Å²) in [5, 5.41) is 16.2. The summed E-state index contributed by atoms with van der Waals surface area (Å²) in [6.45, 7) is 2.58. The number of nitrogens with one attached hydrogen (secondary N) is 4. The number of carbonyl (C=O) groups excluding carboxylic acids is 1. The van der Waals surface area contributed by atoms with Gasteiger partial charge in [-0.2, -0.15) is 18.2 Å². The number of ether oxygens (including phenoxy) is 1. The van der Waals surface area contributed by atoms with E-state index < -0.39 is 11.7 Å². The molecule has 32 heavy (non-hydrogen) atoms. The molecule has 0 radical (unpaired) electrons. The first-order valence-electron chi connectivity index (χ1n) is 9.95. The number of aromatic nitrogens is 2. The Balaban J connectivity index is 1.70. The first-order chi connectivity index (χ1) is 15.3. The average Bonchev–Trinajstić information content (AvgIpc) is 2.79. The lowest BCUT2D eigenvalue weighted by molar-refractivity contribution is -0.137. The van der Waals surface area contributed by atoms with Crippen LogP contribution in [0.4, 0.5) is 36.3 Å². The number of benzene rings is 1. The molecule has 4 N–H and O–H groups in total. The molecule has 0 spiro atoms. The first kappa shape index (κ1) is 23.3. The smallest absolute Gasteiger partial charge is 0.384 e. The van der Waals surface area contributed by atoms with Gasteiger partial charge in [0.25, 0.3) is 0 Å². The summed E-state index contributed by atoms with van der Waals surface area (Å²) in [5.41, 5.74) is 0.519. The average molecular weight is 451 g/mol. The molecule has 3 rings (SSSR count). The fourth-order valence-electron chi connectivity index (χ4n) is 3.22. The Kier molecular flexibility index (Phi) is 7.46. The van der Waals surface area contributed by atoms with Gasteiger partial charge in [-0.3, -0.25) is 4.79 Å². The minimum absolute atomic E-state index is 0.0178. The number of morpholine rings is 1. The molecule has 1 aromatic carbocycles. The second-order valence-corrected chi connectivity index (χ2v) is 6.91. The van der Waals surface area contributed by atoms with Crippen LogP contribution in [-0.2, 0) is 15.7 Å². The summed E-state index contributed by atoms with van der Waals surface area (Å²) in [5.74, 6) is -0.392. The lowest BCUT2D eigenvalue weighted by atomic mass is 10.1. The number of nitrogens with zero attached hydrogens (tertiary/aromatic N) is 3. The van der Waals surface area contributed by atoms with Gasteiger partial charge in [0.05, 0.1) is 18.9 Å². The van der Waals surface area contributed by atoms with Crippen molar-refractivity contribution < 1.29 is 22.7 Å². The van der Waals surface area contributed by atoms with E-state index in [1.165, 1.54) is 7.05 Å². The monoisotopic (exact) mass is 451 g/mol. The number of hydrogen-bond donors (Lipinski definition) is 4. The van der Waals surface area contributed by atoms with Crippen LogP contribution < -0.4 is 16.0 Å². The van der Waals surface area contributed by atoms with E-state index in [1.807, 2.05) is 0 Å². The van der Waals surface area contributed by atoms with Crippen molar-refractivity contribution in [1.82, 2.24) is 14.9 Å². The van der Waals surface area contributed by atoms with Crippen molar-refractivity contribution in [3.63, 3.8) is 0 Å². The van der Waals surface area contributed by atoms with Gasteiger partial charge in [0.1, 0.15) is 11.4 Å². The van der Waals surface area contributed by atoms with Crippen LogP contribution in [0.2, 0.25) is 0 Å². The second-order valence-electron chi connectivity index (χ2n) is 6.91. The maximum absolute atomic E-state index is 13.0. The fraction of sp³-hybridized carbons (Fsp3) is 0.400. The molecule has 0 aliphatic carbocycles. The molecule has 1 aromatic heterocycles. The third kappa shape index (κ3) is 5.63. The molecule has 172 valence electrons. The van der Waals surface area contributed by atoms with Crippen LogP contribution in [0.5, 0.6) is 0 Å². The van der Waals surface area contributed by atoms with Crippen LogP contribution in [0.3, 0.4) is 0 Å². The Labute approximate surface area is 182 Å². The highest BCUT2D eigenvalue weighted by atomic mass is 19.4. The topological polar surface area (TPSA) is 115 Å². The van der Waals surface area contributed by atoms with E-state index in [1.54, 1.807) is 23.1 Å². The van der Waals surface area contributed by atoms with Gasteiger partial charge in [0.15, 0.2) is 0 Å². The van der Waals surface area contributed by atoms with Crippen molar-refractivity contribution in [2.75, 3.05) is 55.8 Å². The number of anilines is 4. The summed E-state index contributed by atoms with van der Waals surface area (Å²) in [6.07, 6.45) is -2.50. The van der Waals surface area contributed by atoms with Crippen LogP contribution in [0.25, 0.3) is 0 Å². The Morgan fingerprint density at radius 3 is 2.66 bits per heavy atom. The lowest BCUT2D eigenvalue weighted by Gasteiger charge is -2.27. The molecule has 12 heteroatoms. The van der Waals surface area contributed by atoms with E-state index in [-0.39, 0.29) is 24.1 Å². The minimum atomic E-state index is -4.58. The fourth-order valence-corrected chi connectivity index (χ4v) is 3.22. The maximum Gasteiger partial charge on any atom is 0.421 e. The van der Waals surface area contributed by atoms with Gasteiger partial charge < -0.3 is 31.0 Å². The van der Waals surface area contributed by atoms with Crippen molar-refractivity contribution in [2.24, 2.45) is 0 Å². The van der Waals surface area contributed by atoms with Gasteiger partial charge in [0.2, 0.25) is 11.9 Å². The molecule has 1 aliphatic rings. The maximum atomic E-state index is 13.0. The van der Waals surface area contributed by atoms with Crippen molar-refractivity contribution in [2.45, 2.75) is 12.6 Å². The van der Waals surface area contributed by atoms with Crippen LogP contribution in [0.1, 0.15) is 17.5 Å². The van der Waals surface area contributed by atoms with E-state index in [0.717, 1.165) is 6.21 Å². The predicted octanol–water partition coefficient (Wildman–Crippen LogP) is 2.94. The van der Waals surface area contributed by atoms with E-state index in [4.69, 9.17) is 10.1 Å². The van der Waals surface area contributed by atoms with Crippen LogP contribution in [-0.4, -0.2) is 66.9 Å². The number of halogens is 3. The summed E-state index contributed by atoms with van der Waals surface area (Å²) >= 11 is 0. The van der Waals surface area contributed by atoms with Crippen molar-refractivity contribution in [1.29, 1.82) is 5.41 Å². The highest BCUT2D eigenvalue weighted by molar-refractivity contribution is 5.94. The second kappa shape index (κ2) is 10.3. The van der Waals surface area contributed by atoms with Crippen LogP contribution >= 0.6 is 0 Å². The van der Waals surface area contributed by atoms with Crippen molar-refractivity contribution >= 4 is 35.3 Å². The molecular weight excluding hydrogens is 427 g/mol. The number of rotatable bonds is 8. The van der Waals surface area contributed by atoms with Gasteiger partial charge in [-0.15, -0.1) is 0 Å². The highest BCUT2D eigenvalue weighted by Gasteiger charge is 2.35. The Morgan fingerprint density at radius 1 is 1.28 bits per heavy atom. The first-order valence-corrected chi connectivity index (χ1v) is 9.95. The molecule has 0 atom stereocenters. The molecular formula is C20H24F3N7O2. The zero-order valence-electron chi connectivity index (χ0n) is 17.4. The number of alkyl halides is 3. The van der Waals surface area contributed by atoms with E-state index >= 15 is 0 Å². The molecule has 1 amide bonds. The molecule has 0 unspecified atom stereocenters. The van der Waals surface area contributed by atoms with Crippen LogP contribution in [0, 0.1) is 5.41 Å². The van der Waals surface area contributed by atoms with E-state index in [0.29, 0.717) is 56.0 Å². The molecule has 0 bridgehead atoms. The van der Waals surface area contributed by atoms with Gasteiger partial charge >= 0.3 is 6.18 Å². The highest BCUT2D eigenvalue weighted by Crippen LogP contribution is 2.34. The van der Waals surface area contributed by atoms with Crippen LogP contribution in [0.15, 0.2) is 24.4 Å². The predicted molar refractivity (Wildman–Crippen MR) is 115 cm³/mol. The molecule has 1 saturated heterocycles. The zero-order valence-corrected chi connectivity index (χ0v) is 17.4. The quantitative estimate of drug-likeness (QED) is 0.456. The minimum Gasteiger partial charge on any atom is -0.384 e. The van der Waals surface area contributed by atoms with Crippen molar-refractivity contribution in [3.8, 4) is 0 Å². The van der Waals surface area contributed by atoms with Gasteiger partial charge in [0, 0.05) is 56.8 Å². The molecule has 1 fully saturated rings. The summed E-state index contributed by atoms with van der Waals surface area (Å²) in [7, 11) is 1.34. The largest absolute Gasteiger partial charge is 0.421 e. The Morgan fingerprint density at radius 2 is 2.00 bits per heavy atom. The molecule has 1 aliphatic heterocycles. The molecule has 9 nitrogen and oxygen atoms in total. The SMILES string of the molecule is CNc1nc(Nc2cccc(NCCC(=O)N3CCOCC3)c2C=N)ncc1C(F)(F)F. The summed E-state index contributed by atoms with van der Waals surface area (Å²) in [4.78, 5) is 21.7.